The maximum Gasteiger partial charge on any atom is 0.315 e. The predicted molar refractivity (Wildman–Crippen MR) is 77.5 cm³/mol. The van der Waals surface area contributed by atoms with E-state index in [4.69, 9.17) is 4.74 Å². The minimum absolute atomic E-state index is 0.0120. The van der Waals surface area contributed by atoms with Crippen LogP contribution in [0.2, 0.25) is 0 Å². The van der Waals surface area contributed by atoms with Crippen LogP contribution in [0.3, 0.4) is 0 Å². The molecule has 1 N–H and O–H groups in total. The summed E-state index contributed by atoms with van der Waals surface area (Å²) in [4.78, 5) is 36.0. The molecule has 0 unspecified atom stereocenters. The quantitative estimate of drug-likeness (QED) is 0.682. The molecule has 0 aromatic heterocycles. The summed E-state index contributed by atoms with van der Waals surface area (Å²) in [6, 6.07) is 8.85. The van der Waals surface area contributed by atoms with Gasteiger partial charge < -0.3 is 10.1 Å². The van der Waals surface area contributed by atoms with E-state index in [-0.39, 0.29) is 17.8 Å². The fourth-order valence-corrected chi connectivity index (χ4v) is 2.29. The van der Waals surface area contributed by atoms with Gasteiger partial charge in [0.2, 0.25) is 0 Å². The van der Waals surface area contributed by atoms with E-state index in [0.717, 1.165) is 0 Å². The van der Waals surface area contributed by atoms with E-state index >= 15 is 0 Å². The fraction of sp³-hybridized carbons (Fsp3) is 0.312. The van der Waals surface area contributed by atoms with Gasteiger partial charge in [-0.2, -0.15) is 0 Å². The number of carbonyl (C=O) groups is 3. The number of rotatable bonds is 3. The van der Waals surface area contributed by atoms with Crippen LogP contribution < -0.4 is 5.32 Å². The van der Waals surface area contributed by atoms with E-state index in [0.29, 0.717) is 12.1 Å². The maximum absolute atomic E-state index is 12.2. The van der Waals surface area contributed by atoms with Gasteiger partial charge in [-0.15, -0.1) is 0 Å². The van der Waals surface area contributed by atoms with Crippen molar-refractivity contribution >= 4 is 23.3 Å². The molecule has 1 aliphatic carbocycles. The molecule has 1 aromatic carbocycles. The monoisotopic (exact) mass is 287 g/mol. The first kappa shape index (κ1) is 15.0. The largest absolute Gasteiger partial charge is 0.468 e. The van der Waals surface area contributed by atoms with Crippen molar-refractivity contribution in [1.82, 2.24) is 0 Å². The number of hydrogen-bond acceptors (Lipinski definition) is 4. The first-order valence-electron chi connectivity index (χ1n) is 6.67. The normalized spacial score (nSPS) is 21.4. The molecule has 0 saturated heterocycles. The maximum atomic E-state index is 12.2. The number of Topliss-reactive ketones (excluding diaryl/α,β-unsaturated/α-hetero) is 1. The van der Waals surface area contributed by atoms with Gasteiger partial charge in [0.05, 0.1) is 18.1 Å². The third kappa shape index (κ3) is 3.18. The minimum atomic E-state index is -0.938. The Morgan fingerprint density at radius 1 is 1.24 bits per heavy atom. The van der Waals surface area contributed by atoms with Gasteiger partial charge in [0.1, 0.15) is 0 Å². The van der Waals surface area contributed by atoms with Crippen molar-refractivity contribution in [2.45, 2.75) is 19.8 Å². The summed E-state index contributed by atoms with van der Waals surface area (Å²) in [5.74, 6) is -1.20. The average molecular weight is 287 g/mol. The highest BCUT2D eigenvalue weighted by molar-refractivity contribution is 6.24. The number of hydrogen-bond donors (Lipinski definition) is 1. The Bertz CT molecular complexity index is 606. The second-order valence-corrected chi connectivity index (χ2v) is 5.21. The zero-order valence-electron chi connectivity index (χ0n) is 12.0. The van der Waals surface area contributed by atoms with Crippen LogP contribution in [0.1, 0.15) is 19.8 Å². The average Bonchev–Trinajstić information content (AvgIpc) is 2.50. The third-order valence-corrected chi connectivity index (χ3v) is 3.56. The van der Waals surface area contributed by atoms with Crippen molar-refractivity contribution in [1.29, 1.82) is 0 Å². The molecule has 0 heterocycles. The number of amides is 1. The Balaban J connectivity index is 2.25. The van der Waals surface area contributed by atoms with E-state index < -0.39 is 17.3 Å². The molecule has 1 aromatic rings. The van der Waals surface area contributed by atoms with Gasteiger partial charge in [-0.1, -0.05) is 24.3 Å². The Kier molecular flexibility index (Phi) is 4.21. The van der Waals surface area contributed by atoms with E-state index in [1.807, 2.05) is 6.07 Å². The van der Waals surface area contributed by atoms with Crippen LogP contribution in [0.5, 0.6) is 0 Å². The smallest absolute Gasteiger partial charge is 0.315 e. The van der Waals surface area contributed by atoms with E-state index in [1.54, 1.807) is 31.2 Å². The van der Waals surface area contributed by atoms with Crippen LogP contribution >= 0.6 is 0 Å². The number of carbonyl (C=O) groups excluding carboxylic acids is 3. The number of methoxy groups -OCH3 is 1. The summed E-state index contributed by atoms with van der Waals surface area (Å²) >= 11 is 0. The molecule has 0 radical (unpaired) electrons. The molecule has 21 heavy (non-hydrogen) atoms. The molecule has 0 spiro atoms. The van der Waals surface area contributed by atoms with E-state index in [1.165, 1.54) is 13.2 Å². The molecular weight excluding hydrogens is 270 g/mol. The molecule has 0 fully saturated rings. The van der Waals surface area contributed by atoms with Gasteiger partial charge in [-0.3, -0.25) is 14.4 Å². The van der Waals surface area contributed by atoms with Gasteiger partial charge in [0, 0.05) is 12.1 Å². The Hall–Kier alpha value is -2.43. The fourth-order valence-electron chi connectivity index (χ4n) is 2.29. The molecule has 2 rings (SSSR count). The zero-order chi connectivity index (χ0) is 15.5. The van der Waals surface area contributed by atoms with E-state index in [2.05, 4.69) is 5.32 Å². The highest BCUT2D eigenvalue weighted by Gasteiger charge is 2.39. The second kappa shape index (κ2) is 5.91. The van der Waals surface area contributed by atoms with Crippen LogP contribution in [0.15, 0.2) is 42.0 Å². The number of ketones is 1. The lowest BCUT2D eigenvalue weighted by Gasteiger charge is -2.27. The summed E-state index contributed by atoms with van der Waals surface area (Å²) in [7, 11) is 1.29. The van der Waals surface area contributed by atoms with E-state index in [9.17, 15) is 14.4 Å². The summed E-state index contributed by atoms with van der Waals surface area (Å²) in [6.07, 6.45) is 1.92. The van der Waals surface area contributed by atoms with Crippen LogP contribution in [0.25, 0.3) is 0 Å². The van der Waals surface area contributed by atoms with Crippen LogP contribution in [0, 0.1) is 5.41 Å². The third-order valence-electron chi connectivity index (χ3n) is 3.56. The lowest BCUT2D eigenvalue weighted by Crippen LogP contribution is -2.35. The van der Waals surface area contributed by atoms with Crippen molar-refractivity contribution in [2.24, 2.45) is 5.41 Å². The lowest BCUT2D eigenvalue weighted by molar-refractivity contribution is -0.149. The van der Waals surface area contributed by atoms with Crippen molar-refractivity contribution in [3.05, 3.63) is 42.0 Å². The van der Waals surface area contributed by atoms with Gasteiger partial charge in [-0.05, 0) is 25.5 Å². The first-order valence-corrected chi connectivity index (χ1v) is 6.67. The topological polar surface area (TPSA) is 72.5 Å². The second-order valence-electron chi connectivity index (χ2n) is 5.21. The molecule has 0 bridgehead atoms. The highest BCUT2D eigenvalue weighted by Crippen LogP contribution is 2.33. The van der Waals surface area contributed by atoms with Crippen LogP contribution in [0.4, 0.5) is 5.69 Å². The van der Waals surface area contributed by atoms with Crippen LogP contribution in [-0.4, -0.2) is 24.8 Å². The van der Waals surface area contributed by atoms with Crippen molar-refractivity contribution < 1.29 is 19.1 Å². The molecular formula is C16H17NO4. The number of esters is 1. The predicted octanol–water partition coefficient (Wildman–Crippen LogP) is 2.09. The summed E-state index contributed by atoms with van der Waals surface area (Å²) in [5.41, 5.74) is -0.328. The van der Waals surface area contributed by atoms with Crippen molar-refractivity contribution in [3.63, 3.8) is 0 Å². The van der Waals surface area contributed by atoms with Gasteiger partial charge in [0.25, 0.3) is 5.91 Å². The van der Waals surface area contributed by atoms with Gasteiger partial charge >= 0.3 is 5.97 Å². The molecule has 5 heteroatoms. The van der Waals surface area contributed by atoms with Crippen LogP contribution in [-0.2, 0) is 19.1 Å². The van der Waals surface area contributed by atoms with Crippen molar-refractivity contribution in [2.75, 3.05) is 12.4 Å². The molecule has 110 valence electrons. The highest BCUT2D eigenvalue weighted by atomic mass is 16.5. The standard InChI is InChI=1S/C16H17NO4/c1-16(15(20)21-2)9-8-13(18)12(10-16)14(19)17-11-6-4-3-5-7-11/h3-7,10H,8-9H2,1-2H3,(H,17,19)/t16-/m1/s1. The SMILES string of the molecule is COC(=O)[C@@]1(C)C=C(C(=O)Nc2ccccc2)C(=O)CC1. The lowest BCUT2D eigenvalue weighted by atomic mass is 9.77. The minimum Gasteiger partial charge on any atom is -0.468 e. The number of para-hydroxylation sites is 1. The zero-order valence-corrected chi connectivity index (χ0v) is 12.0. The number of nitrogens with one attached hydrogen (secondary N) is 1. The number of benzene rings is 1. The molecule has 0 aliphatic heterocycles. The molecule has 1 aliphatic rings. The van der Waals surface area contributed by atoms with Gasteiger partial charge in [0.15, 0.2) is 5.78 Å². The van der Waals surface area contributed by atoms with Gasteiger partial charge in [-0.25, -0.2) is 0 Å². The number of ether oxygens (including phenoxy) is 1. The summed E-state index contributed by atoms with van der Waals surface area (Å²) < 4.78 is 4.75. The molecule has 1 amide bonds. The number of anilines is 1. The Morgan fingerprint density at radius 2 is 1.90 bits per heavy atom. The van der Waals surface area contributed by atoms with Crippen molar-refractivity contribution in [3.8, 4) is 0 Å². The molecule has 0 saturated carbocycles. The summed E-state index contributed by atoms with van der Waals surface area (Å²) in [5, 5.41) is 2.66. The molecule has 1 atom stereocenters. The molecule has 5 nitrogen and oxygen atoms in total. The Morgan fingerprint density at radius 3 is 2.52 bits per heavy atom. The first-order chi connectivity index (χ1) is 9.96. The Labute approximate surface area is 123 Å². The summed E-state index contributed by atoms with van der Waals surface area (Å²) in [6.45, 7) is 1.67.